The van der Waals surface area contributed by atoms with E-state index in [9.17, 15) is 4.79 Å². The molecule has 0 aliphatic carbocycles. The van der Waals surface area contributed by atoms with Crippen molar-refractivity contribution in [3.05, 3.63) is 53.3 Å². The first kappa shape index (κ1) is 10.6. The van der Waals surface area contributed by atoms with Gasteiger partial charge in [0.2, 0.25) is 0 Å². The fourth-order valence-electron chi connectivity index (χ4n) is 1.76. The lowest BCUT2D eigenvalue weighted by molar-refractivity contribution is 0.112. The Morgan fingerprint density at radius 2 is 2.00 bits per heavy atom. The minimum atomic E-state index is 0.652. The first-order chi connectivity index (χ1) is 7.72. The highest BCUT2D eigenvalue weighted by atomic mass is 16.1. The molecule has 1 aromatic carbocycles. The lowest BCUT2D eigenvalue weighted by Gasteiger charge is -2.07. The molecular formula is C14H13NO. The minimum absolute atomic E-state index is 0.652. The third-order valence-corrected chi connectivity index (χ3v) is 2.71. The van der Waals surface area contributed by atoms with Crippen LogP contribution in [0.3, 0.4) is 0 Å². The molecule has 0 fully saturated rings. The Morgan fingerprint density at radius 3 is 2.69 bits per heavy atom. The van der Waals surface area contributed by atoms with Crippen LogP contribution in [0.5, 0.6) is 0 Å². The van der Waals surface area contributed by atoms with Gasteiger partial charge in [0, 0.05) is 23.5 Å². The standard InChI is InChI=1S/C14H13NO/c1-10-4-3-5-12(6-10)14-8-15-7-13(9-16)11(14)2/h3-9H,1-2H3. The molecule has 0 amide bonds. The molecule has 16 heavy (non-hydrogen) atoms. The number of aromatic nitrogens is 1. The van der Waals surface area contributed by atoms with Crippen LogP contribution < -0.4 is 0 Å². The molecule has 0 aliphatic rings. The molecule has 0 bridgehead atoms. The SMILES string of the molecule is Cc1cccc(-c2cncc(C=O)c2C)c1. The van der Waals surface area contributed by atoms with E-state index in [2.05, 4.69) is 24.0 Å². The van der Waals surface area contributed by atoms with Crippen molar-refractivity contribution in [3.8, 4) is 11.1 Å². The Morgan fingerprint density at radius 1 is 1.19 bits per heavy atom. The molecule has 0 radical (unpaired) electrons. The summed E-state index contributed by atoms with van der Waals surface area (Å²) in [6.07, 6.45) is 4.25. The third-order valence-electron chi connectivity index (χ3n) is 2.71. The number of carbonyl (C=O) groups is 1. The number of carbonyl (C=O) groups excluding carboxylic acids is 1. The number of rotatable bonds is 2. The fraction of sp³-hybridized carbons (Fsp3) is 0.143. The van der Waals surface area contributed by atoms with Crippen LogP contribution in [0.15, 0.2) is 36.7 Å². The first-order valence-corrected chi connectivity index (χ1v) is 5.19. The maximum absolute atomic E-state index is 10.8. The van der Waals surface area contributed by atoms with Gasteiger partial charge in [-0.25, -0.2) is 0 Å². The van der Waals surface area contributed by atoms with Crippen molar-refractivity contribution in [2.45, 2.75) is 13.8 Å². The van der Waals surface area contributed by atoms with Gasteiger partial charge in [-0.05, 0) is 25.0 Å². The highest BCUT2D eigenvalue weighted by Gasteiger charge is 2.06. The maximum atomic E-state index is 10.8. The molecule has 0 spiro atoms. The van der Waals surface area contributed by atoms with Crippen LogP contribution in [-0.2, 0) is 0 Å². The average molecular weight is 211 g/mol. The van der Waals surface area contributed by atoms with Gasteiger partial charge in [-0.15, -0.1) is 0 Å². The van der Waals surface area contributed by atoms with Gasteiger partial charge < -0.3 is 0 Å². The summed E-state index contributed by atoms with van der Waals surface area (Å²) in [7, 11) is 0. The number of aldehydes is 1. The van der Waals surface area contributed by atoms with E-state index in [0.29, 0.717) is 5.56 Å². The van der Waals surface area contributed by atoms with Crippen LogP contribution in [0.4, 0.5) is 0 Å². The van der Waals surface area contributed by atoms with E-state index in [1.807, 2.05) is 19.1 Å². The Kier molecular flexibility index (Phi) is 2.82. The quantitative estimate of drug-likeness (QED) is 0.714. The van der Waals surface area contributed by atoms with E-state index in [-0.39, 0.29) is 0 Å². The summed E-state index contributed by atoms with van der Waals surface area (Å²) in [5.41, 5.74) is 4.96. The molecule has 2 rings (SSSR count). The van der Waals surface area contributed by atoms with Crippen LogP contribution in [0.2, 0.25) is 0 Å². The molecule has 2 aromatic rings. The number of nitrogens with zero attached hydrogens (tertiary/aromatic N) is 1. The van der Waals surface area contributed by atoms with Gasteiger partial charge >= 0.3 is 0 Å². The van der Waals surface area contributed by atoms with E-state index in [0.717, 1.165) is 23.0 Å². The van der Waals surface area contributed by atoms with Crippen molar-refractivity contribution in [2.24, 2.45) is 0 Å². The summed E-state index contributed by atoms with van der Waals surface area (Å²) < 4.78 is 0. The number of pyridine rings is 1. The summed E-state index contributed by atoms with van der Waals surface area (Å²) in [5, 5.41) is 0. The molecule has 0 saturated carbocycles. The molecular weight excluding hydrogens is 198 g/mol. The second kappa shape index (κ2) is 4.27. The summed E-state index contributed by atoms with van der Waals surface area (Å²) >= 11 is 0. The van der Waals surface area contributed by atoms with Crippen molar-refractivity contribution in [2.75, 3.05) is 0 Å². The van der Waals surface area contributed by atoms with E-state index < -0.39 is 0 Å². The van der Waals surface area contributed by atoms with Crippen LogP contribution >= 0.6 is 0 Å². The van der Waals surface area contributed by atoms with Crippen LogP contribution in [0.1, 0.15) is 21.5 Å². The molecule has 1 heterocycles. The van der Waals surface area contributed by atoms with E-state index in [1.54, 1.807) is 12.4 Å². The van der Waals surface area contributed by atoms with Crippen molar-refractivity contribution in [3.63, 3.8) is 0 Å². The van der Waals surface area contributed by atoms with Gasteiger partial charge in [0.15, 0.2) is 6.29 Å². The summed E-state index contributed by atoms with van der Waals surface area (Å²) in [4.78, 5) is 14.9. The van der Waals surface area contributed by atoms with Gasteiger partial charge in [-0.2, -0.15) is 0 Å². The molecule has 1 aromatic heterocycles. The lowest BCUT2D eigenvalue weighted by Crippen LogP contribution is -1.92. The van der Waals surface area contributed by atoms with Gasteiger partial charge in [0.05, 0.1) is 0 Å². The van der Waals surface area contributed by atoms with E-state index in [1.165, 1.54) is 5.56 Å². The Labute approximate surface area is 95.0 Å². The number of hydrogen-bond donors (Lipinski definition) is 0. The van der Waals surface area contributed by atoms with Crippen LogP contribution in [0.25, 0.3) is 11.1 Å². The second-order valence-corrected chi connectivity index (χ2v) is 3.89. The molecule has 0 saturated heterocycles. The zero-order chi connectivity index (χ0) is 11.5. The van der Waals surface area contributed by atoms with Gasteiger partial charge in [0.1, 0.15) is 0 Å². The van der Waals surface area contributed by atoms with Crippen LogP contribution in [-0.4, -0.2) is 11.3 Å². The van der Waals surface area contributed by atoms with Gasteiger partial charge in [-0.3, -0.25) is 9.78 Å². The smallest absolute Gasteiger partial charge is 0.151 e. The summed E-state index contributed by atoms with van der Waals surface area (Å²) in [6, 6.07) is 8.19. The predicted octanol–water partition coefficient (Wildman–Crippen LogP) is 3.18. The van der Waals surface area contributed by atoms with E-state index >= 15 is 0 Å². The van der Waals surface area contributed by atoms with E-state index in [4.69, 9.17) is 0 Å². The normalized spacial score (nSPS) is 10.1. The first-order valence-electron chi connectivity index (χ1n) is 5.19. The topological polar surface area (TPSA) is 30.0 Å². The van der Waals surface area contributed by atoms with Crippen molar-refractivity contribution < 1.29 is 4.79 Å². The monoisotopic (exact) mass is 211 g/mol. The molecule has 2 heteroatoms. The van der Waals surface area contributed by atoms with Crippen LogP contribution in [0, 0.1) is 13.8 Å². The van der Waals surface area contributed by atoms with Crippen molar-refractivity contribution in [1.29, 1.82) is 0 Å². The largest absolute Gasteiger partial charge is 0.298 e. The Bertz CT molecular complexity index is 532. The third kappa shape index (κ3) is 1.87. The number of benzene rings is 1. The molecule has 0 atom stereocenters. The highest BCUT2D eigenvalue weighted by Crippen LogP contribution is 2.24. The zero-order valence-corrected chi connectivity index (χ0v) is 9.40. The molecule has 2 nitrogen and oxygen atoms in total. The fourth-order valence-corrected chi connectivity index (χ4v) is 1.76. The molecule has 80 valence electrons. The molecule has 0 N–H and O–H groups in total. The average Bonchev–Trinajstić information content (AvgIpc) is 2.29. The number of hydrogen-bond acceptors (Lipinski definition) is 2. The van der Waals surface area contributed by atoms with Crippen molar-refractivity contribution >= 4 is 6.29 Å². The summed E-state index contributed by atoms with van der Waals surface area (Å²) in [5.74, 6) is 0. The Hall–Kier alpha value is -1.96. The van der Waals surface area contributed by atoms with Crippen molar-refractivity contribution in [1.82, 2.24) is 4.98 Å². The predicted molar refractivity (Wildman–Crippen MR) is 64.5 cm³/mol. The zero-order valence-electron chi connectivity index (χ0n) is 9.40. The minimum Gasteiger partial charge on any atom is -0.298 e. The maximum Gasteiger partial charge on any atom is 0.151 e. The van der Waals surface area contributed by atoms with Gasteiger partial charge in [0.25, 0.3) is 0 Å². The molecule has 0 aliphatic heterocycles. The molecule has 0 unspecified atom stereocenters. The Balaban J connectivity index is 2.60. The number of aryl methyl sites for hydroxylation is 1. The lowest BCUT2D eigenvalue weighted by atomic mass is 9.99. The highest BCUT2D eigenvalue weighted by molar-refractivity contribution is 5.81. The second-order valence-electron chi connectivity index (χ2n) is 3.89. The van der Waals surface area contributed by atoms with Gasteiger partial charge in [-0.1, -0.05) is 29.8 Å². The summed E-state index contributed by atoms with van der Waals surface area (Å²) in [6.45, 7) is 4.00.